The van der Waals surface area contributed by atoms with Crippen LogP contribution in [0.2, 0.25) is 0 Å². The van der Waals surface area contributed by atoms with Crippen LogP contribution >= 0.6 is 0 Å². The molecule has 4 N–H and O–H groups in total. The molecule has 170 valence electrons. The first kappa shape index (κ1) is 24.9. The minimum atomic E-state index is -0.282. The molecule has 0 aliphatic heterocycles. The molecule has 2 amide bonds. The number of hydrazone groups is 2. The van der Waals surface area contributed by atoms with E-state index in [-0.39, 0.29) is 28.3 Å². The summed E-state index contributed by atoms with van der Waals surface area (Å²) in [5.74, 6) is -0.563. The van der Waals surface area contributed by atoms with E-state index < -0.39 is 0 Å². The van der Waals surface area contributed by atoms with E-state index in [0.717, 1.165) is 11.4 Å². The van der Waals surface area contributed by atoms with Crippen LogP contribution in [-0.2, 0) is 16.5 Å². The second-order valence-electron chi connectivity index (χ2n) is 6.13. The smallest absolute Gasteiger partial charge is 0.272 e. The van der Waals surface area contributed by atoms with Crippen molar-refractivity contribution in [3.63, 3.8) is 0 Å². The van der Waals surface area contributed by atoms with Gasteiger partial charge in [0.2, 0.25) is 0 Å². The van der Waals surface area contributed by atoms with Crippen LogP contribution in [-0.4, -0.2) is 44.2 Å². The van der Waals surface area contributed by atoms with Gasteiger partial charge in [-0.05, 0) is 48.5 Å². The number of nitrogens with zero attached hydrogens (tertiary/aromatic N) is 4. The van der Waals surface area contributed by atoms with Crippen molar-refractivity contribution in [2.24, 2.45) is 10.2 Å². The predicted molar refractivity (Wildman–Crippen MR) is 120 cm³/mol. The third-order valence-corrected chi connectivity index (χ3v) is 3.83. The second-order valence-corrected chi connectivity index (χ2v) is 6.13. The molecular formula is C22H20N8NiO2. The minimum Gasteiger partial charge on any atom is -0.360 e. The van der Waals surface area contributed by atoms with Gasteiger partial charge in [-0.25, -0.2) is 10.9 Å². The second kappa shape index (κ2) is 13.8. The van der Waals surface area contributed by atoms with Crippen LogP contribution in [0.3, 0.4) is 0 Å². The molecule has 4 aromatic rings. The molecule has 0 aliphatic rings. The number of rotatable bonds is 6. The van der Waals surface area contributed by atoms with Crippen LogP contribution in [0, 0.1) is 0 Å². The molecule has 4 heterocycles. The summed E-state index contributed by atoms with van der Waals surface area (Å²) in [5, 5.41) is 7.61. The number of carbonyl (C=O) groups excluding carboxylic acids is 2. The van der Waals surface area contributed by atoms with Gasteiger partial charge in [-0.15, -0.1) is 0 Å². The Balaban J connectivity index is 0.000000227. The summed E-state index contributed by atoms with van der Waals surface area (Å²) in [7, 11) is 0. The van der Waals surface area contributed by atoms with Gasteiger partial charge in [0.1, 0.15) is 0 Å². The molecular weight excluding hydrogens is 467 g/mol. The van der Waals surface area contributed by atoms with Crippen molar-refractivity contribution < 1.29 is 26.1 Å². The molecule has 0 atom stereocenters. The van der Waals surface area contributed by atoms with Crippen LogP contribution in [0.4, 0.5) is 0 Å². The third-order valence-electron chi connectivity index (χ3n) is 3.83. The average molecular weight is 487 g/mol. The van der Waals surface area contributed by atoms with E-state index >= 15 is 0 Å². The normalized spacial score (nSPS) is 10.2. The molecule has 0 saturated heterocycles. The summed E-state index contributed by atoms with van der Waals surface area (Å²) in [4.78, 5) is 36.6. The molecule has 10 nitrogen and oxygen atoms in total. The Labute approximate surface area is 199 Å². The zero-order chi connectivity index (χ0) is 22.4. The van der Waals surface area contributed by atoms with Crippen molar-refractivity contribution >= 4 is 24.2 Å². The van der Waals surface area contributed by atoms with Crippen LogP contribution < -0.4 is 10.9 Å². The van der Waals surface area contributed by atoms with Gasteiger partial charge >= 0.3 is 0 Å². The van der Waals surface area contributed by atoms with Gasteiger partial charge in [0, 0.05) is 53.7 Å². The molecule has 0 aliphatic carbocycles. The summed E-state index contributed by atoms with van der Waals surface area (Å²) in [6.45, 7) is 0. The Hall–Kier alpha value is -4.37. The maximum atomic E-state index is 11.5. The fourth-order valence-electron chi connectivity index (χ4n) is 2.29. The molecule has 0 aromatic carbocycles. The van der Waals surface area contributed by atoms with Crippen molar-refractivity contribution in [1.82, 2.24) is 30.8 Å². The van der Waals surface area contributed by atoms with E-state index in [2.05, 4.69) is 41.0 Å². The number of nitrogens with one attached hydrogen (secondary N) is 4. The predicted octanol–water partition coefficient (Wildman–Crippen LogP) is 2.34. The summed E-state index contributed by atoms with van der Waals surface area (Å²) in [5.41, 5.74) is 7.42. The molecule has 0 saturated carbocycles. The van der Waals surface area contributed by atoms with Crippen molar-refractivity contribution in [1.29, 1.82) is 0 Å². The summed E-state index contributed by atoms with van der Waals surface area (Å²) in [6, 6.07) is 14.1. The van der Waals surface area contributed by atoms with Gasteiger partial charge in [0.05, 0.1) is 34.9 Å². The van der Waals surface area contributed by atoms with Gasteiger partial charge in [-0.3, -0.25) is 19.6 Å². The average Bonchev–Trinajstić information content (AvgIpc) is 3.55. The molecule has 0 unspecified atom stereocenters. The van der Waals surface area contributed by atoms with Crippen molar-refractivity contribution in [2.75, 3.05) is 0 Å². The number of aromatic amines is 2. The first-order valence-electron chi connectivity index (χ1n) is 9.46. The molecule has 33 heavy (non-hydrogen) atoms. The molecule has 4 aromatic heterocycles. The molecule has 0 fully saturated rings. The molecule has 0 bridgehead atoms. The monoisotopic (exact) mass is 486 g/mol. The van der Waals surface area contributed by atoms with Crippen LogP contribution in [0.1, 0.15) is 32.1 Å². The largest absolute Gasteiger partial charge is 0.360 e. The van der Waals surface area contributed by atoms with Crippen molar-refractivity contribution in [2.45, 2.75) is 0 Å². The molecule has 4 rings (SSSR count). The van der Waals surface area contributed by atoms with Crippen molar-refractivity contribution in [3.8, 4) is 0 Å². The fourth-order valence-corrected chi connectivity index (χ4v) is 2.29. The Kier molecular flexibility index (Phi) is 10.4. The molecule has 11 heteroatoms. The van der Waals surface area contributed by atoms with E-state index in [9.17, 15) is 9.59 Å². The number of aromatic nitrogens is 4. The Morgan fingerprint density at radius 1 is 0.727 bits per heavy atom. The van der Waals surface area contributed by atoms with E-state index in [0.29, 0.717) is 11.1 Å². The maximum Gasteiger partial charge on any atom is 0.272 e. The number of carbonyl (C=O) groups is 2. The topological polar surface area (TPSA) is 140 Å². The van der Waals surface area contributed by atoms with E-state index in [4.69, 9.17) is 0 Å². The van der Waals surface area contributed by atoms with E-state index in [1.54, 1.807) is 49.1 Å². The molecule has 0 spiro atoms. The molecule has 0 radical (unpaired) electrons. The Morgan fingerprint density at radius 2 is 1.18 bits per heavy atom. The Bertz CT molecular complexity index is 1050. The number of amides is 2. The van der Waals surface area contributed by atoms with Gasteiger partial charge in [-0.2, -0.15) is 10.2 Å². The zero-order valence-corrected chi connectivity index (χ0v) is 18.1. The van der Waals surface area contributed by atoms with E-state index in [1.165, 1.54) is 24.8 Å². The van der Waals surface area contributed by atoms with Gasteiger partial charge in [0.15, 0.2) is 0 Å². The van der Waals surface area contributed by atoms with E-state index in [1.807, 2.05) is 24.3 Å². The van der Waals surface area contributed by atoms with Gasteiger partial charge in [0.25, 0.3) is 11.8 Å². The van der Waals surface area contributed by atoms with Crippen LogP contribution in [0.5, 0.6) is 0 Å². The third kappa shape index (κ3) is 8.72. The van der Waals surface area contributed by atoms with Gasteiger partial charge in [-0.1, -0.05) is 0 Å². The number of H-pyrrole nitrogens is 2. The minimum absolute atomic E-state index is 0. The number of pyridine rings is 2. The first-order chi connectivity index (χ1) is 15.7. The number of hydrogen-bond acceptors (Lipinski definition) is 6. The quantitative estimate of drug-likeness (QED) is 0.188. The van der Waals surface area contributed by atoms with Crippen LogP contribution in [0.15, 0.2) is 95.9 Å². The first-order valence-corrected chi connectivity index (χ1v) is 9.46. The standard InChI is InChI=1S/2C11H10N4O.Ni/c2*16-11(9-3-1-5-12-7-9)15-14-8-10-4-2-6-13-10;/h2*1-8,13H,(H,15,16);/b2*14-8+;. The zero-order valence-electron chi connectivity index (χ0n) is 17.2. The van der Waals surface area contributed by atoms with Crippen LogP contribution in [0.25, 0.3) is 0 Å². The Morgan fingerprint density at radius 3 is 1.52 bits per heavy atom. The maximum absolute atomic E-state index is 11.5. The summed E-state index contributed by atoms with van der Waals surface area (Å²) in [6.07, 6.45) is 12.8. The van der Waals surface area contributed by atoms with Gasteiger partial charge < -0.3 is 9.97 Å². The van der Waals surface area contributed by atoms with Crippen molar-refractivity contribution in [3.05, 3.63) is 108 Å². The fraction of sp³-hybridized carbons (Fsp3) is 0. The summed E-state index contributed by atoms with van der Waals surface area (Å²) < 4.78 is 0. The summed E-state index contributed by atoms with van der Waals surface area (Å²) >= 11 is 0. The SMILES string of the molecule is O=C(N/N=C/c1ccc[nH]1)c1cccnc1.O=C(N/N=C/c1ccc[nH]1)c1cccnc1.[Ni]. The number of hydrogen-bond donors (Lipinski definition) is 4.